The maximum absolute atomic E-state index is 12.0. The summed E-state index contributed by atoms with van der Waals surface area (Å²) in [5, 5.41) is 0. The molecule has 1 aliphatic heterocycles. The minimum absolute atomic E-state index is 0.217. The summed E-state index contributed by atoms with van der Waals surface area (Å²) in [6.07, 6.45) is 14.4. The molecule has 0 saturated carbocycles. The van der Waals surface area contributed by atoms with E-state index in [1.165, 1.54) is 51.6 Å². The second kappa shape index (κ2) is 11.7. The van der Waals surface area contributed by atoms with Crippen molar-refractivity contribution in [2.45, 2.75) is 92.2 Å². The number of amides is 2. The number of unbranched alkanes of at least 4 members (excludes halogenated alkanes) is 2. The van der Waals surface area contributed by atoms with Crippen LogP contribution >= 0.6 is 0 Å². The van der Waals surface area contributed by atoms with Crippen molar-refractivity contribution in [2.75, 3.05) is 0 Å². The molecular weight excluding hydrogens is 529 g/mol. The first-order chi connectivity index (χ1) is 16.3. The standard InChI is InChI=1S/C11H8NO2.C9H16N2.2C4H9.Sn/c13-10-6-7-11(14)12(10)8-9-4-2-1-3-5-9;1-4-10-5-6-11(8-10)7-9(2)3;2*1-3-4-2;/h2-7H,8H2;5-6,8H,4,7H2,1-3H3;2*1,3-4H2,2H3;/q;+1;;;. The van der Waals surface area contributed by atoms with Crippen LogP contribution < -0.4 is 8.15 Å². The first kappa shape index (κ1) is 26.7. The van der Waals surface area contributed by atoms with E-state index in [4.69, 9.17) is 0 Å². The van der Waals surface area contributed by atoms with Crippen molar-refractivity contribution in [3.63, 3.8) is 0 Å². The van der Waals surface area contributed by atoms with Gasteiger partial charge in [-0.1, -0.05) is 0 Å². The van der Waals surface area contributed by atoms with Crippen LogP contribution in [0.25, 0.3) is 0 Å². The monoisotopic (exact) mass is 572 g/mol. The molecule has 0 spiro atoms. The fourth-order valence-electron chi connectivity index (χ4n) is 5.46. The molecule has 0 unspecified atom stereocenters. The Bertz CT molecular complexity index is 981. The van der Waals surface area contributed by atoms with E-state index in [1.54, 1.807) is 3.58 Å². The van der Waals surface area contributed by atoms with Gasteiger partial charge in [0.05, 0.1) is 0 Å². The topological polar surface area (TPSA) is 46.2 Å². The summed E-state index contributed by atoms with van der Waals surface area (Å²) in [6, 6.07) is 9.01. The third kappa shape index (κ3) is 5.84. The fraction of sp³-hybridized carbons (Fsp3) is 0.536. The predicted molar refractivity (Wildman–Crippen MR) is 140 cm³/mol. The Morgan fingerprint density at radius 1 is 0.912 bits per heavy atom. The van der Waals surface area contributed by atoms with E-state index in [1.807, 2.05) is 0 Å². The molecule has 0 fully saturated rings. The molecule has 2 heterocycles. The number of carbonyl (C=O) groups excluding carboxylic acids is 2. The zero-order valence-corrected chi connectivity index (χ0v) is 24.6. The zero-order valence-electron chi connectivity index (χ0n) is 21.7. The number of aryl methyl sites for hydroxylation is 1. The van der Waals surface area contributed by atoms with Gasteiger partial charge in [0, 0.05) is 0 Å². The summed E-state index contributed by atoms with van der Waals surface area (Å²) >= 11 is -2.91. The molecule has 3 rings (SSSR count). The van der Waals surface area contributed by atoms with Gasteiger partial charge in [-0.25, -0.2) is 0 Å². The fourth-order valence-corrected chi connectivity index (χ4v) is 23.1. The zero-order chi connectivity index (χ0) is 24.8. The molecule has 0 aliphatic carbocycles. The number of carbonyl (C=O) groups is 2. The van der Waals surface area contributed by atoms with Crippen LogP contribution in [-0.4, -0.2) is 39.7 Å². The van der Waals surface area contributed by atoms with Crippen LogP contribution in [0, 0.1) is 0 Å². The Balaban J connectivity index is 1.94. The minimum atomic E-state index is -2.91. The van der Waals surface area contributed by atoms with Gasteiger partial charge in [0.15, 0.2) is 0 Å². The van der Waals surface area contributed by atoms with Crippen LogP contribution in [0.1, 0.15) is 65.9 Å². The second-order valence-electron chi connectivity index (χ2n) is 10.4. The van der Waals surface area contributed by atoms with E-state index in [9.17, 15) is 9.59 Å². The van der Waals surface area contributed by atoms with Gasteiger partial charge in [0.1, 0.15) is 0 Å². The van der Waals surface area contributed by atoms with Crippen molar-refractivity contribution in [3.8, 4) is 0 Å². The Labute approximate surface area is 209 Å². The van der Waals surface area contributed by atoms with Crippen LogP contribution in [0.15, 0.2) is 55.1 Å². The third-order valence-electron chi connectivity index (χ3n) is 7.65. The van der Waals surface area contributed by atoms with Crippen molar-refractivity contribution >= 4 is 33.8 Å². The van der Waals surface area contributed by atoms with Crippen LogP contribution in [-0.2, 0) is 29.2 Å². The van der Waals surface area contributed by atoms with E-state index in [0.717, 1.165) is 18.7 Å². The molecule has 5 nitrogen and oxygen atoms in total. The van der Waals surface area contributed by atoms with E-state index in [2.05, 4.69) is 86.7 Å². The average molecular weight is 571 g/mol. The van der Waals surface area contributed by atoms with Gasteiger partial charge < -0.3 is 0 Å². The van der Waals surface area contributed by atoms with Gasteiger partial charge in [0.2, 0.25) is 0 Å². The van der Waals surface area contributed by atoms with Gasteiger partial charge in [-0.15, -0.1) is 0 Å². The second-order valence-corrected chi connectivity index (χ2v) is 24.9. The first-order valence-electron chi connectivity index (χ1n) is 12.9. The summed E-state index contributed by atoms with van der Waals surface area (Å²) in [5.74, 6) is -0.434. The molecule has 0 N–H and O–H groups in total. The van der Waals surface area contributed by atoms with Crippen LogP contribution in [0.3, 0.4) is 0 Å². The van der Waals surface area contributed by atoms with E-state index in [0.29, 0.717) is 6.54 Å². The molecule has 184 valence electrons. The molecular formula is C28H42N3O2Sn+. The van der Waals surface area contributed by atoms with Gasteiger partial charge >= 0.3 is 210 Å². The summed E-state index contributed by atoms with van der Waals surface area (Å²) in [6.45, 7) is 14.2. The number of imidazole rings is 1. The number of hydrogen-bond donors (Lipinski definition) is 0. The van der Waals surface area contributed by atoms with Crippen LogP contribution in [0.5, 0.6) is 0 Å². The number of benzene rings is 1. The number of nitrogens with zero attached hydrogens (tertiary/aromatic N) is 3. The number of rotatable bonds is 13. The molecule has 0 radical (unpaired) electrons. The number of hydrogen-bond acceptors (Lipinski definition) is 2. The molecule has 0 saturated heterocycles. The Hall–Kier alpha value is -1.89. The van der Waals surface area contributed by atoms with Crippen LogP contribution in [0.2, 0.25) is 12.3 Å². The van der Waals surface area contributed by atoms with Gasteiger partial charge in [-0.3, -0.25) is 0 Å². The quantitative estimate of drug-likeness (QED) is 0.194. The first-order valence-corrected chi connectivity index (χ1v) is 19.8. The molecule has 1 aromatic carbocycles. The molecule has 34 heavy (non-hydrogen) atoms. The summed E-state index contributed by atoms with van der Waals surface area (Å²) in [5.41, 5.74) is 1.02. The number of imide groups is 1. The molecule has 0 bridgehead atoms. The van der Waals surface area contributed by atoms with E-state index >= 15 is 0 Å². The summed E-state index contributed by atoms with van der Waals surface area (Å²) < 4.78 is 9.18. The normalized spacial score (nSPS) is 14.4. The van der Waals surface area contributed by atoms with Gasteiger partial charge in [0.25, 0.3) is 0 Å². The SMILES string of the molecule is CCC[CH2][Sn]([CH2]CCC)([c]1ccc(CN2C(=O)C=CC2=O)cc1)[C](C)(C)C[n+]1ccn(CC)c1. The molecule has 1 aliphatic rings. The van der Waals surface area contributed by atoms with Gasteiger partial charge in [-0.05, 0) is 0 Å². The Morgan fingerprint density at radius 2 is 1.50 bits per heavy atom. The summed E-state index contributed by atoms with van der Waals surface area (Å²) in [7, 11) is 0. The van der Waals surface area contributed by atoms with E-state index < -0.39 is 18.4 Å². The van der Waals surface area contributed by atoms with Gasteiger partial charge in [-0.2, -0.15) is 0 Å². The molecule has 2 amide bonds. The molecule has 6 heteroatoms. The number of aromatic nitrogens is 2. The molecule has 0 atom stereocenters. The maximum atomic E-state index is 12.0. The van der Waals surface area contributed by atoms with Crippen molar-refractivity contribution in [1.29, 1.82) is 0 Å². The molecule has 1 aromatic heterocycles. The van der Waals surface area contributed by atoms with Crippen LogP contribution in [0.4, 0.5) is 0 Å². The average Bonchev–Trinajstić information content (AvgIpc) is 3.40. The third-order valence-corrected chi connectivity index (χ3v) is 26.5. The Morgan fingerprint density at radius 3 is 2.00 bits per heavy atom. The molecule has 2 aromatic rings. The predicted octanol–water partition coefficient (Wildman–Crippen LogP) is 4.96. The summed E-state index contributed by atoms with van der Waals surface area (Å²) in [4.78, 5) is 25.3. The van der Waals surface area contributed by atoms with Crippen molar-refractivity contribution in [2.24, 2.45) is 0 Å². The van der Waals surface area contributed by atoms with Crippen molar-refractivity contribution < 1.29 is 14.2 Å². The van der Waals surface area contributed by atoms with Crippen molar-refractivity contribution in [1.82, 2.24) is 9.47 Å². The van der Waals surface area contributed by atoms with E-state index in [-0.39, 0.29) is 15.2 Å². The van der Waals surface area contributed by atoms with Crippen molar-refractivity contribution in [3.05, 3.63) is 60.7 Å². The Kier molecular flexibility index (Phi) is 9.19.